The molecule has 14 heavy (non-hydrogen) atoms. The lowest BCUT2D eigenvalue weighted by molar-refractivity contribution is 0.0315. The minimum Gasteiger partial charge on any atom is -0.379 e. The van der Waals surface area contributed by atoms with E-state index in [1.54, 1.807) is 12.4 Å². The van der Waals surface area contributed by atoms with Crippen LogP contribution in [0.4, 0.5) is 5.69 Å². The fourth-order valence-electron chi connectivity index (χ4n) is 1.78. The Kier molecular flexibility index (Phi) is 2.42. The maximum absolute atomic E-state index is 5.65. The molecule has 1 unspecified atom stereocenters. The molecule has 2 rings (SSSR count). The second-order valence-corrected chi connectivity index (χ2v) is 4.17. The summed E-state index contributed by atoms with van der Waals surface area (Å²) < 4.78 is 5.65. The standard InChI is InChI=1S/C11H16N2O/c1-11(2)10(5-8-14-11)13-9-3-6-12-7-4-9/h3-4,6-7,10H,5,8H2,1-2H3,(H,12,13). The Morgan fingerprint density at radius 2 is 2.14 bits per heavy atom. The van der Waals surface area contributed by atoms with E-state index in [4.69, 9.17) is 4.74 Å². The zero-order valence-corrected chi connectivity index (χ0v) is 8.66. The van der Waals surface area contributed by atoms with E-state index in [0.29, 0.717) is 6.04 Å². The topological polar surface area (TPSA) is 34.1 Å². The van der Waals surface area contributed by atoms with E-state index in [0.717, 1.165) is 18.7 Å². The predicted octanol–water partition coefficient (Wildman–Crippen LogP) is 2.06. The van der Waals surface area contributed by atoms with Crippen LogP contribution in [0.1, 0.15) is 20.3 Å². The van der Waals surface area contributed by atoms with Crippen LogP contribution >= 0.6 is 0 Å². The summed E-state index contributed by atoms with van der Waals surface area (Å²) in [6.07, 6.45) is 4.66. The van der Waals surface area contributed by atoms with E-state index in [9.17, 15) is 0 Å². The molecule has 0 radical (unpaired) electrons. The Morgan fingerprint density at radius 1 is 1.43 bits per heavy atom. The Bertz CT molecular complexity index is 297. The summed E-state index contributed by atoms with van der Waals surface area (Å²) in [5.74, 6) is 0. The molecular formula is C11H16N2O. The monoisotopic (exact) mass is 192 g/mol. The second-order valence-electron chi connectivity index (χ2n) is 4.17. The Balaban J connectivity index is 2.05. The molecule has 1 saturated heterocycles. The number of pyridine rings is 1. The molecule has 0 spiro atoms. The number of hydrogen-bond donors (Lipinski definition) is 1. The van der Waals surface area contributed by atoms with Gasteiger partial charge in [0.05, 0.1) is 11.6 Å². The molecule has 1 N–H and O–H groups in total. The van der Waals surface area contributed by atoms with Gasteiger partial charge in [0.2, 0.25) is 0 Å². The van der Waals surface area contributed by atoms with Gasteiger partial charge in [-0.1, -0.05) is 0 Å². The van der Waals surface area contributed by atoms with E-state index in [-0.39, 0.29) is 5.60 Å². The summed E-state index contributed by atoms with van der Waals surface area (Å²) in [5.41, 5.74) is 1.05. The number of anilines is 1. The molecular weight excluding hydrogens is 176 g/mol. The molecule has 0 bridgehead atoms. The molecule has 0 aliphatic carbocycles. The SMILES string of the molecule is CC1(C)OCCC1Nc1ccncc1. The zero-order valence-electron chi connectivity index (χ0n) is 8.66. The number of aromatic nitrogens is 1. The van der Waals surface area contributed by atoms with E-state index in [1.807, 2.05) is 12.1 Å². The maximum atomic E-state index is 5.65. The van der Waals surface area contributed by atoms with Gasteiger partial charge in [-0.25, -0.2) is 0 Å². The number of nitrogens with one attached hydrogen (secondary N) is 1. The van der Waals surface area contributed by atoms with Crippen molar-refractivity contribution in [1.82, 2.24) is 4.98 Å². The van der Waals surface area contributed by atoms with Gasteiger partial charge in [0, 0.05) is 24.7 Å². The van der Waals surface area contributed by atoms with Crippen molar-refractivity contribution < 1.29 is 4.74 Å². The van der Waals surface area contributed by atoms with E-state index >= 15 is 0 Å². The molecule has 1 aliphatic rings. The van der Waals surface area contributed by atoms with Gasteiger partial charge in [-0.3, -0.25) is 4.98 Å². The summed E-state index contributed by atoms with van der Waals surface area (Å²) in [6.45, 7) is 5.09. The van der Waals surface area contributed by atoms with Crippen LogP contribution in [0.15, 0.2) is 24.5 Å². The molecule has 1 atom stereocenters. The fraction of sp³-hybridized carbons (Fsp3) is 0.545. The second kappa shape index (κ2) is 3.58. The smallest absolute Gasteiger partial charge is 0.0827 e. The van der Waals surface area contributed by atoms with E-state index < -0.39 is 0 Å². The lowest BCUT2D eigenvalue weighted by atomic mass is 9.99. The fourth-order valence-corrected chi connectivity index (χ4v) is 1.78. The molecule has 1 aromatic rings. The van der Waals surface area contributed by atoms with Crippen molar-refractivity contribution in [3.8, 4) is 0 Å². The van der Waals surface area contributed by atoms with Gasteiger partial charge >= 0.3 is 0 Å². The van der Waals surface area contributed by atoms with Crippen LogP contribution in [0, 0.1) is 0 Å². The Morgan fingerprint density at radius 3 is 2.71 bits per heavy atom. The first kappa shape index (κ1) is 9.46. The average molecular weight is 192 g/mol. The summed E-state index contributed by atoms with van der Waals surface area (Å²) in [4.78, 5) is 3.99. The Hall–Kier alpha value is -1.09. The highest BCUT2D eigenvalue weighted by atomic mass is 16.5. The maximum Gasteiger partial charge on any atom is 0.0827 e. The molecule has 0 aromatic carbocycles. The van der Waals surface area contributed by atoms with E-state index in [2.05, 4.69) is 24.1 Å². The normalized spacial score (nSPS) is 24.9. The lowest BCUT2D eigenvalue weighted by Gasteiger charge is -2.27. The van der Waals surface area contributed by atoms with Gasteiger partial charge in [0.25, 0.3) is 0 Å². The van der Waals surface area contributed by atoms with Gasteiger partial charge in [-0.05, 0) is 32.4 Å². The third kappa shape index (κ3) is 1.87. The van der Waals surface area contributed by atoms with Crippen molar-refractivity contribution in [2.45, 2.75) is 31.9 Å². The third-order valence-electron chi connectivity index (χ3n) is 2.74. The summed E-state index contributed by atoms with van der Waals surface area (Å²) in [7, 11) is 0. The molecule has 0 amide bonds. The van der Waals surface area contributed by atoms with Gasteiger partial charge in [0.15, 0.2) is 0 Å². The highest BCUT2D eigenvalue weighted by molar-refractivity contribution is 5.42. The minimum absolute atomic E-state index is 0.0662. The van der Waals surface area contributed by atoms with Crippen molar-refractivity contribution in [2.75, 3.05) is 11.9 Å². The number of ether oxygens (including phenoxy) is 1. The summed E-state index contributed by atoms with van der Waals surface area (Å²) in [6, 6.07) is 4.35. The molecule has 0 saturated carbocycles. The lowest BCUT2D eigenvalue weighted by Crippen LogP contribution is -2.37. The first-order valence-corrected chi connectivity index (χ1v) is 4.99. The molecule has 1 aromatic heterocycles. The Labute approximate surface area is 84.5 Å². The van der Waals surface area contributed by atoms with Gasteiger partial charge < -0.3 is 10.1 Å². The van der Waals surface area contributed by atoms with Crippen LogP contribution in [0.2, 0.25) is 0 Å². The number of nitrogens with zero attached hydrogens (tertiary/aromatic N) is 1. The van der Waals surface area contributed by atoms with Crippen LogP contribution in [0.5, 0.6) is 0 Å². The van der Waals surface area contributed by atoms with Crippen molar-refractivity contribution in [3.63, 3.8) is 0 Å². The van der Waals surface area contributed by atoms with Crippen LogP contribution in [-0.4, -0.2) is 23.2 Å². The first-order valence-electron chi connectivity index (χ1n) is 4.99. The number of rotatable bonds is 2. The van der Waals surface area contributed by atoms with Crippen molar-refractivity contribution in [3.05, 3.63) is 24.5 Å². The van der Waals surface area contributed by atoms with Crippen LogP contribution in [0.25, 0.3) is 0 Å². The van der Waals surface area contributed by atoms with Crippen molar-refractivity contribution in [1.29, 1.82) is 0 Å². The molecule has 1 fully saturated rings. The van der Waals surface area contributed by atoms with Crippen molar-refractivity contribution in [2.24, 2.45) is 0 Å². The molecule has 1 aliphatic heterocycles. The van der Waals surface area contributed by atoms with E-state index in [1.165, 1.54) is 0 Å². The van der Waals surface area contributed by atoms with Crippen LogP contribution < -0.4 is 5.32 Å². The van der Waals surface area contributed by atoms with Crippen molar-refractivity contribution >= 4 is 5.69 Å². The highest BCUT2D eigenvalue weighted by Crippen LogP contribution is 2.27. The third-order valence-corrected chi connectivity index (χ3v) is 2.74. The number of hydrogen-bond acceptors (Lipinski definition) is 3. The van der Waals surface area contributed by atoms with Gasteiger partial charge in [0.1, 0.15) is 0 Å². The minimum atomic E-state index is -0.0662. The van der Waals surface area contributed by atoms with Gasteiger partial charge in [-0.15, -0.1) is 0 Å². The average Bonchev–Trinajstić information content (AvgIpc) is 2.48. The first-order chi connectivity index (χ1) is 6.68. The van der Waals surface area contributed by atoms with Gasteiger partial charge in [-0.2, -0.15) is 0 Å². The molecule has 2 heterocycles. The zero-order chi connectivity index (χ0) is 10.0. The molecule has 3 heteroatoms. The summed E-state index contributed by atoms with van der Waals surface area (Å²) >= 11 is 0. The predicted molar refractivity (Wildman–Crippen MR) is 56.3 cm³/mol. The van der Waals surface area contributed by atoms with Crippen LogP contribution in [0.3, 0.4) is 0 Å². The quantitative estimate of drug-likeness (QED) is 0.778. The molecule has 3 nitrogen and oxygen atoms in total. The van der Waals surface area contributed by atoms with Crippen LogP contribution in [-0.2, 0) is 4.74 Å². The largest absolute Gasteiger partial charge is 0.379 e. The molecule has 76 valence electrons. The highest BCUT2D eigenvalue weighted by Gasteiger charge is 2.35. The summed E-state index contributed by atoms with van der Waals surface area (Å²) in [5, 5.41) is 3.47.